The van der Waals surface area contributed by atoms with E-state index >= 15 is 0 Å². The summed E-state index contributed by atoms with van der Waals surface area (Å²) in [6.07, 6.45) is 0. The van der Waals surface area contributed by atoms with Crippen molar-refractivity contribution in [3.63, 3.8) is 0 Å². The van der Waals surface area contributed by atoms with Crippen LogP contribution in [0.1, 0.15) is 6.92 Å². The highest BCUT2D eigenvalue weighted by Gasteiger charge is 2.15. The lowest BCUT2D eigenvalue weighted by atomic mass is 10.0. The minimum Gasteiger partial charge on any atom is -0.493 e. The highest BCUT2D eigenvalue weighted by Crippen LogP contribution is 2.37. The van der Waals surface area contributed by atoms with E-state index < -0.39 is 0 Å². The van der Waals surface area contributed by atoms with Crippen LogP contribution in [0.3, 0.4) is 0 Å². The number of nitrogen functional groups attached to an aromatic ring is 1. The third-order valence-corrected chi connectivity index (χ3v) is 5.64. The first-order valence-corrected chi connectivity index (χ1v) is 11.3. The summed E-state index contributed by atoms with van der Waals surface area (Å²) in [6, 6.07) is 24.0. The number of hydrogen-bond donors (Lipinski definition) is 1. The molecule has 0 radical (unpaired) electrons. The quantitative estimate of drug-likeness (QED) is 0.345. The molecule has 0 aliphatic carbocycles. The summed E-state index contributed by atoms with van der Waals surface area (Å²) in [5, 5.41) is 0.888. The fourth-order valence-electron chi connectivity index (χ4n) is 3.41. The largest absolute Gasteiger partial charge is 0.493 e. The lowest BCUT2D eigenvalue weighted by Crippen LogP contribution is -2.07. The summed E-state index contributed by atoms with van der Waals surface area (Å²) < 4.78 is 17.1. The Hall–Kier alpha value is -3.20. The van der Waals surface area contributed by atoms with Gasteiger partial charge in [-0.1, -0.05) is 42.5 Å². The number of anilines is 3. The Morgan fingerprint density at radius 1 is 0.970 bits per heavy atom. The summed E-state index contributed by atoms with van der Waals surface area (Å²) >= 11 is 3.63. The molecule has 4 aromatic rings. The van der Waals surface area contributed by atoms with Gasteiger partial charge in [0.25, 0.3) is 0 Å². The number of benzene rings is 3. The van der Waals surface area contributed by atoms with Crippen molar-refractivity contribution in [2.75, 3.05) is 36.3 Å². The van der Waals surface area contributed by atoms with Crippen molar-refractivity contribution in [3.8, 4) is 16.9 Å². The molecule has 7 nitrogen and oxygen atoms in total. The standard InChI is InChI=1S/C22H19BrN4O.C3H6O2/c1-2-28-20-11-7-6-10-17(20)15-12-13-19-18(14-15)21(26-22(24)25-19)27(23)16-8-4-3-5-9-16;1-2-5-3-4-1/h3-14H,2H2,1H3,(H2,24,25,26);1-3H2. The number of halogens is 1. The predicted molar refractivity (Wildman–Crippen MR) is 135 cm³/mol. The van der Waals surface area contributed by atoms with Crippen LogP contribution in [-0.4, -0.2) is 36.6 Å². The molecule has 3 aromatic carbocycles. The zero-order chi connectivity index (χ0) is 23.0. The van der Waals surface area contributed by atoms with Crippen LogP contribution in [0.2, 0.25) is 0 Å². The van der Waals surface area contributed by atoms with Gasteiger partial charge in [-0.3, -0.25) is 3.93 Å². The number of aromatic nitrogens is 2. The molecule has 1 aromatic heterocycles. The number of hydrogen-bond acceptors (Lipinski definition) is 7. The van der Waals surface area contributed by atoms with E-state index in [1.54, 1.807) is 0 Å². The zero-order valence-corrected chi connectivity index (χ0v) is 19.9. The first kappa shape index (κ1) is 23.0. The van der Waals surface area contributed by atoms with Crippen molar-refractivity contribution < 1.29 is 14.2 Å². The molecule has 0 unspecified atom stereocenters. The smallest absolute Gasteiger partial charge is 0.222 e. The molecule has 8 heteroatoms. The lowest BCUT2D eigenvalue weighted by molar-refractivity contribution is 0.0692. The number of para-hydroxylation sites is 2. The average molecular weight is 509 g/mol. The summed E-state index contributed by atoms with van der Waals surface area (Å²) in [6.45, 7) is 4.65. The SMILES string of the molecule is C1COCO1.CCOc1ccccc1-c1ccc2nc(N)nc(N(Br)c3ccccc3)c2c1. The van der Waals surface area contributed by atoms with Gasteiger partial charge in [-0.2, -0.15) is 4.98 Å². The van der Waals surface area contributed by atoms with Crippen molar-refractivity contribution >= 4 is 44.5 Å². The van der Waals surface area contributed by atoms with Crippen LogP contribution >= 0.6 is 16.1 Å². The number of ether oxygens (including phenoxy) is 3. The van der Waals surface area contributed by atoms with E-state index in [-0.39, 0.29) is 5.95 Å². The molecule has 0 amide bonds. The van der Waals surface area contributed by atoms with Crippen LogP contribution in [0.15, 0.2) is 72.8 Å². The fourth-order valence-corrected chi connectivity index (χ4v) is 3.92. The Balaban J connectivity index is 0.000000459. The summed E-state index contributed by atoms with van der Waals surface area (Å²) in [4.78, 5) is 8.88. The molecule has 0 saturated carbocycles. The molecule has 0 spiro atoms. The van der Waals surface area contributed by atoms with Gasteiger partial charge in [-0.15, -0.1) is 0 Å². The molecule has 1 fully saturated rings. The number of rotatable bonds is 5. The molecule has 33 heavy (non-hydrogen) atoms. The normalized spacial score (nSPS) is 12.8. The Morgan fingerprint density at radius 2 is 1.70 bits per heavy atom. The Kier molecular flexibility index (Phi) is 7.72. The van der Waals surface area contributed by atoms with Crippen LogP contribution in [0.4, 0.5) is 17.5 Å². The predicted octanol–water partition coefficient (Wildman–Crippen LogP) is 5.72. The molecule has 2 heterocycles. The van der Waals surface area contributed by atoms with E-state index in [1.165, 1.54) is 0 Å². The van der Waals surface area contributed by atoms with E-state index in [0.717, 1.165) is 46.7 Å². The second-order valence-corrected chi connectivity index (χ2v) is 7.83. The van der Waals surface area contributed by atoms with Crippen molar-refractivity contribution in [1.29, 1.82) is 0 Å². The zero-order valence-electron chi connectivity index (χ0n) is 18.3. The Bertz CT molecular complexity index is 1200. The molecule has 0 atom stereocenters. The van der Waals surface area contributed by atoms with Crippen molar-refractivity contribution in [2.24, 2.45) is 0 Å². The molecular weight excluding hydrogens is 484 g/mol. The summed E-state index contributed by atoms with van der Waals surface area (Å²) in [5.41, 5.74) is 9.74. The maximum absolute atomic E-state index is 5.96. The average Bonchev–Trinajstić information content (AvgIpc) is 3.44. The summed E-state index contributed by atoms with van der Waals surface area (Å²) in [7, 11) is 0. The molecular formula is C25H25BrN4O3. The maximum atomic E-state index is 5.96. The van der Waals surface area contributed by atoms with Crippen molar-refractivity contribution in [3.05, 3.63) is 72.8 Å². The highest BCUT2D eigenvalue weighted by molar-refractivity contribution is 9.10. The summed E-state index contributed by atoms with van der Waals surface area (Å²) in [5.74, 6) is 1.76. The van der Waals surface area contributed by atoms with Gasteiger partial charge in [0, 0.05) is 10.9 Å². The molecule has 1 aliphatic rings. The monoisotopic (exact) mass is 508 g/mol. The van der Waals surface area contributed by atoms with Gasteiger partial charge >= 0.3 is 0 Å². The second-order valence-electron chi connectivity index (χ2n) is 7.12. The van der Waals surface area contributed by atoms with Crippen LogP contribution in [0, 0.1) is 0 Å². The fraction of sp³-hybridized carbons (Fsp3) is 0.200. The lowest BCUT2D eigenvalue weighted by Gasteiger charge is -2.18. The molecule has 5 rings (SSSR count). The first-order chi connectivity index (χ1) is 16.2. The van der Waals surface area contributed by atoms with Gasteiger partial charge in [-0.25, -0.2) is 4.98 Å². The Morgan fingerprint density at radius 3 is 2.39 bits per heavy atom. The molecule has 1 aliphatic heterocycles. The van der Waals surface area contributed by atoms with Crippen molar-refractivity contribution in [2.45, 2.75) is 6.92 Å². The van der Waals surface area contributed by atoms with E-state index in [0.29, 0.717) is 19.2 Å². The van der Waals surface area contributed by atoms with Gasteiger partial charge < -0.3 is 19.9 Å². The molecule has 2 N–H and O–H groups in total. The van der Waals surface area contributed by atoms with E-state index in [9.17, 15) is 0 Å². The van der Waals surface area contributed by atoms with E-state index in [2.05, 4.69) is 32.2 Å². The number of nitrogens with zero attached hydrogens (tertiary/aromatic N) is 3. The number of fused-ring (bicyclic) bond motifs is 1. The van der Waals surface area contributed by atoms with Gasteiger partial charge in [0.2, 0.25) is 5.95 Å². The maximum Gasteiger partial charge on any atom is 0.222 e. The van der Waals surface area contributed by atoms with Gasteiger partial charge in [0.05, 0.1) is 47.2 Å². The molecule has 170 valence electrons. The third-order valence-electron chi connectivity index (χ3n) is 4.90. The van der Waals surface area contributed by atoms with Crippen LogP contribution in [0.5, 0.6) is 5.75 Å². The van der Waals surface area contributed by atoms with E-state index in [1.807, 2.05) is 77.6 Å². The van der Waals surface area contributed by atoms with E-state index in [4.69, 9.17) is 19.9 Å². The Labute approximate surface area is 201 Å². The number of nitrogens with two attached hydrogens (primary N) is 1. The van der Waals surface area contributed by atoms with Gasteiger partial charge in [0.1, 0.15) is 12.5 Å². The minimum atomic E-state index is 0.227. The second kappa shape index (κ2) is 11.1. The van der Waals surface area contributed by atoms with Crippen molar-refractivity contribution in [1.82, 2.24) is 9.97 Å². The topological polar surface area (TPSA) is 82.7 Å². The van der Waals surface area contributed by atoms with Gasteiger partial charge in [-0.05, 0) is 42.8 Å². The molecule has 0 bridgehead atoms. The molecule has 1 saturated heterocycles. The van der Waals surface area contributed by atoms with Crippen LogP contribution in [-0.2, 0) is 9.47 Å². The minimum absolute atomic E-state index is 0.227. The third kappa shape index (κ3) is 5.60. The van der Waals surface area contributed by atoms with Gasteiger partial charge in [0.15, 0.2) is 5.82 Å². The first-order valence-electron chi connectivity index (χ1n) is 10.6. The van der Waals surface area contributed by atoms with Crippen LogP contribution in [0.25, 0.3) is 22.0 Å². The highest BCUT2D eigenvalue weighted by atomic mass is 79.9. The van der Waals surface area contributed by atoms with Crippen LogP contribution < -0.4 is 14.4 Å².